The predicted molar refractivity (Wildman–Crippen MR) is 94.4 cm³/mol. The topological polar surface area (TPSA) is 90.9 Å². The van der Waals surface area contributed by atoms with Crippen LogP contribution < -0.4 is 10.1 Å². The molecule has 2 aromatic carbocycles. The zero-order valence-corrected chi connectivity index (χ0v) is 14.7. The molecule has 0 unspecified atom stereocenters. The molecule has 1 amide bonds. The summed E-state index contributed by atoms with van der Waals surface area (Å²) in [6.45, 7) is 1.50. The van der Waals surface area contributed by atoms with E-state index in [1.54, 1.807) is 43.3 Å². The van der Waals surface area contributed by atoms with Gasteiger partial charge < -0.3 is 19.5 Å². The van der Waals surface area contributed by atoms with Crippen LogP contribution in [0.2, 0.25) is 0 Å². The van der Waals surface area contributed by atoms with E-state index in [1.807, 2.05) is 0 Å². The largest absolute Gasteiger partial charge is 0.483 e. The van der Waals surface area contributed by atoms with E-state index >= 15 is 0 Å². The summed E-state index contributed by atoms with van der Waals surface area (Å²) in [5, 5.41) is 2.61. The molecule has 7 heteroatoms. The minimum Gasteiger partial charge on any atom is -0.483 e. The van der Waals surface area contributed by atoms with Crippen molar-refractivity contribution >= 4 is 23.5 Å². The number of para-hydroxylation sites is 1. The maximum Gasteiger partial charge on any atom is 0.339 e. The number of aryl methyl sites for hydroxylation is 1. The number of benzene rings is 2. The van der Waals surface area contributed by atoms with Crippen LogP contribution in [-0.4, -0.2) is 38.7 Å². The highest BCUT2D eigenvalue weighted by atomic mass is 16.5. The van der Waals surface area contributed by atoms with Gasteiger partial charge in [0.1, 0.15) is 5.75 Å². The Morgan fingerprint density at radius 1 is 0.962 bits per heavy atom. The van der Waals surface area contributed by atoms with Crippen LogP contribution in [0.15, 0.2) is 42.5 Å². The first kappa shape index (κ1) is 19.0. The van der Waals surface area contributed by atoms with Gasteiger partial charge in [-0.2, -0.15) is 0 Å². The number of hydrogen-bond donors (Lipinski definition) is 1. The van der Waals surface area contributed by atoms with E-state index in [1.165, 1.54) is 20.3 Å². The molecule has 0 aliphatic heterocycles. The van der Waals surface area contributed by atoms with Gasteiger partial charge in [-0.3, -0.25) is 4.79 Å². The van der Waals surface area contributed by atoms with Gasteiger partial charge in [0.05, 0.1) is 31.0 Å². The molecule has 0 spiro atoms. The van der Waals surface area contributed by atoms with Crippen LogP contribution in [0.1, 0.15) is 26.3 Å². The SMILES string of the molecule is COC(=O)c1ccc(C)c(OCC(=O)Nc2ccccc2C(=O)OC)c1. The molecular weight excluding hydrogens is 338 g/mol. The van der Waals surface area contributed by atoms with Gasteiger partial charge in [-0.25, -0.2) is 9.59 Å². The van der Waals surface area contributed by atoms with E-state index in [0.29, 0.717) is 17.0 Å². The van der Waals surface area contributed by atoms with Crippen LogP contribution in [0.4, 0.5) is 5.69 Å². The van der Waals surface area contributed by atoms with E-state index < -0.39 is 17.8 Å². The molecule has 2 rings (SSSR count). The molecule has 0 saturated carbocycles. The fourth-order valence-electron chi connectivity index (χ4n) is 2.21. The molecule has 0 aliphatic carbocycles. The Balaban J connectivity index is 2.06. The Morgan fingerprint density at radius 3 is 2.35 bits per heavy atom. The van der Waals surface area contributed by atoms with Gasteiger partial charge in [0.25, 0.3) is 5.91 Å². The van der Waals surface area contributed by atoms with Crippen molar-refractivity contribution in [1.82, 2.24) is 0 Å². The van der Waals surface area contributed by atoms with Crippen molar-refractivity contribution in [3.63, 3.8) is 0 Å². The average Bonchev–Trinajstić information content (AvgIpc) is 2.66. The number of hydrogen-bond acceptors (Lipinski definition) is 6. The lowest BCUT2D eigenvalue weighted by Crippen LogP contribution is -2.22. The number of carbonyl (C=O) groups excluding carboxylic acids is 3. The first-order chi connectivity index (χ1) is 12.5. The molecule has 136 valence electrons. The van der Waals surface area contributed by atoms with Crippen molar-refractivity contribution < 1.29 is 28.6 Å². The first-order valence-electron chi connectivity index (χ1n) is 7.75. The third-order valence-corrected chi connectivity index (χ3v) is 3.57. The number of carbonyl (C=O) groups is 3. The Bertz CT molecular complexity index is 831. The van der Waals surface area contributed by atoms with Gasteiger partial charge in [-0.1, -0.05) is 18.2 Å². The number of esters is 2. The standard InChI is InChI=1S/C19H19NO6/c1-12-8-9-13(18(22)24-2)10-16(12)26-11-17(21)20-15-7-5-4-6-14(15)19(23)25-3/h4-10H,11H2,1-3H3,(H,20,21). The Kier molecular flexibility index (Phi) is 6.32. The lowest BCUT2D eigenvalue weighted by Gasteiger charge is -2.12. The number of methoxy groups -OCH3 is 2. The van der Waals surface area contributed by atoms with E-state index in [-0.39, 0.29) is 12.2 Å². The van der Waals surface area contributed by atoms with Gasteiger partial charge in [0.2, 0.25) is 0 Å². The Hall–Kier alpha value is -3.35. The van der Waals surface area contributed by atoms with Gasteiger partial charge in [0, 0.05) is 0 Å². The molecule has 0 atom stereocenters. The van der Waals surface area contributed by atoms with Crippen molar-refractivity contribution in [2.75, 3.05) is 26.1 Å². The van der Waals surface area contributed by atoms with Gasteiger partial charge in [-0.05, 0) is 36.8 Å². The summed E-state index contributed by atoms with van der Waals surface area (Å²) in [6, 6.07) is 11.3. The van der Waals surface area contributed by atoms with Crippen molar-refractivity contribution in [2.24, 2.45) is 0 Å². The van der Waals surface area contributed by atoms with Gasteiger partial charge in [-0.15, -0.1) is 0 Å². The molecule has 0 heterocycles. The van der Waals surface area contributed by atoms with E-state index in [0.717, 1.165) is 5.56 Å². The molecular formula is C19H19NO6. The lowest BCUT2D eigenvalue weighted by molar-refractivity contribution is -0.118. The fourth-order valence-corrected chi connectivity index (χ4v) is 2.21. The second-order valence-corrected chi connectivity index (χ2v) is 5.35. The first-order valence-corrected chi connectivity index (χ1v) is 7.75. The predicted octanol–water partition coefficient (Wildman–Crippen LogP) is 2.59. The van der Waals surface area contributed by atoms with Crippen molar-refractivity contribution in [1.29, 1.82) is 0 Å². The van der Waals surface area contributed by atoms with Crippen molar-refractivity contribution in [3.05, 3.63) is 59.2 Å². The summed E-state index contributed by atoms with van der Waals surface area (Å²) >= 11 is 0. The summed E-state index contributed by atoms with van der Waals surface area (Å²) in [7, 11) is 2.55. The molecule has 7 nitrogen and oxygen atoms in total. The third kappa shape index (κ3) is 4.60. The van der Waals surface area contributed by atoms with Crippen molar-refractivity contribution in [2.45, 2.75) is 6.92 Å². The monoisotopic (exact) mass is 357 g/mol. The number of anilines is 1. The van der Waals surface area contributed by atoms with Crippen LogP contribution in [0, 0.1) is 6.92 Å². The van der Waals surface area contributed by atoms with Crippen LogP contribution in [0.25, 0.3) is 0 Å². The normalized spacial score (nSPS) is 9.96. The number of amides is 1. The molecule has 2 aromatic rings. The molecule has 0 radical (unpaired) electrons. The maximum absolute atomic E-state index is 12.2. The third-order valence-electron chi connectivity index (χ3n) is 3.57. The quantitative estimate of drug-likeness (QED) is 0.799. The second kappa shape index (κ2) is 8.66. The lowest BCUT2D eigenvalue weighted by atomic mass is 10.1. The van der Waals surface area contributed by atoms with Crippen LogP contribution in [0.3, 0.4) is 0 Å². The zero-order chi connectivity index (χ0) is 19.1. The highest BCUT2D eigenvalue weighted by Gasteiger charge is 2.14. The number of nitrogens with one attached hydrogen (secondary N) is 1. The van der Waals surface area contributed by atoms with Crippen molar-refractivity contribution in [3.8, 4) is 5.75 Å². The zero-order valence-electron chi connectivity index (χ0n) is 14.7. The molecule has 26 heavy (non-hydrogen) atoms. The van der Waals surface area contributed by atoms with E-state index in [9.17, 15) is 14.4 Å². The van der Waals surface area contributed by atoms with Crippen LogP contribution >= 0.6 is 0 Å². The summed E-state index contributed by atoms with van der Waals surface area (Å²) in [6.07, 6.45) is 0. The minimum absolute atomic E-state index is 0.243. The molecule has 0 aliphatic rings. The Labute approximate surface area is 150 Å². The highest BCUT2D eigenvalue weighted by Crippen LogP contribution is 2.21. The molecule has 0 bridgehead atoms. The number of ether oxygens (including phenoxy) is 3. The molecule has 0 aromatic heterocycles. The average molecular weight is 357 g/mol. The molecule has 0 fully saturated rings. The molecule has 1 N–H and O–H groups in total. The van der Waals surface area contributed by atoms with E-state index in [2.05, 4.69) is 14.8 Å². The van der Waals surface area contributed by atoms with Crippen LogP contribution in [-0.2, 0) is 14.3 Å². The highest BCUT2D eigenvalue weighted by molar-refractivity contribution is 6.01. The summed E-state index contributed by atoms with van der Waals surface area (Å²) in [5.41, 5.74) is 1.66. The summed E-state index contributed by atoms with van der Waals surface area (Å²) in [5.74, 6) is -1.11. The fraction of sp³-hybridized carbons (Fsp3) is 0.211. The maximum atomic E-state index is 12.2. The number of rotatable bonds is 6. The smallest absolute Gasteiger partial charge is 0.339 e. The summed E-state index contributed by atoms with van der Waals surface area (Å²) in [4.78, 5) is 35.5. The summed E-state index contributed by atoms with van der Waals surface area (Å²) < 4.78 is 14.8. The van der Waals surface area contributed by atoms with Gasteiger partial charge >= 0.3 is 11.9 Å². The van der Waals surface area contributed by atoms with Gasteiger partial charge in [0.15, 0.2) is 6.61 Å². The Morgan fingerprint density at radius 2 is 1.65 bits per heavy atom. The minimum atomic E-state index is -0.552. The molecule has 0 saturated heterocycles. The van der Waals surface area contributed by atoms with E-state index in [4.69, 9.17) is 4.74 Å². The second-order valence-electron chi connectivity index (χ2n) is 5.35. The van der Waals surface area contributed by atoms with Crippen LogP contribution in [0.5, 0.6) is 5.75 Å².